The van der Waals surface area contributed by atoms with Crippen molar-refractivity contribution in [3.8, 4) is 0 Å². The fourth-order valence-corrected chi connectivity index (χ4v) is 4.04. The molecule has 0 spiro atoms. The van der Waals surface area contributed by atoms with Crippen LogP contribution in [0.2, 0.25) is 0 Å². The highest BCUT2D eigenvalue weighted by Crippen LogP contribution is 2.48. The highest BCUT2D eigenvalue weighted by atomic mass is 32.2. The summed E-state index contributed by atoms with van der Waals surface area (Å²) in [7, 11) is 0. The third kappa shape index (κ3) is 3.47. The van der Waals surface area contributed by atoms with Gasteiger partial charge in [0.15, 0.2) is 0 Å². The van der Waals surface area contributed by atoms with E-state index >= 15 is 0 Å². The normalized spacial score (nSPS) is 12.1. The standard InChI is InChI=1S/C17H14N2O3S2/c1-11(20)18-16(21)10-23-17(22)19-12-6-2-4-8-14(12)24-15-9-5-3-7-13(15)19/h2-9H,10H2,1H3,(H,18,20,21). The maximum Gasteiger partial charge on any atom is 0.291 e. The van der Waals surface area contributed by atoms with Gasteiger partial charge in [-0.05, 0) is 24.3 Å². The van der Waals surface area contributed by atoms with E-state index < -0.39 is 11.8 Å². The average molecular weight is 358 g/mol. The number of hydrogen-bond donors (Lipinski definition) is 1. The molecule has 5 nitrogen and oxygen atoms in total. The molecule has 3 rings (SSSR count). The zero-order chi connectivity index (χ0) is 17.1. The molecular formula is C17H14N2O3S2. The predicted molar refractivity (Wildman–Crippen MR) is 95.8 cm³/mol. The van der Waals surface area contributed by atoms with Crippen molar-refractivity contribution in [2.45, 2.75) is 16.7 Å². The topological polar surface area (TPSA) is 66.5 Å². The second-order valence-electron chi connectivity index (χ2n) is 5.03. The van der Waals surface area contributed by atoms with Crippen molar-refractivity contribution in [2.24, 2.45) is 0 Å². The van der Waals surface area contributed by atoms with E-state index in [0.717, 1.165) is 32.9 Å². The van der Waals surface area contributed by atoms with Crippen LogP contribution in [-0.2, 0) is 9.59 Å². The summed E-state index contributed by atoms with van der Waals surface area (Å²) in [5.41, 5.74) is 1.59. The van der Waals surface area contributed by atoms with Gasteiger partial charge in [-0.25, -0.2) is 0 Å². The first-order valence-corrected chi connectivity index (χ1v) is 8.99. The summed E-state index contributed by atoms with van der Waals surface area (Å²) in [6.07, 6.45) is 0. The lowest BCUT2D eigenvalue weighted by Crippen LogP contribution is -2.31. The Morgan fingerprint density at radius 3 is 2.08 bits per heavy atom. The number of carbonyl (C=O) groups excluding carboxylic acids is 3. The number of anilines is 2. The van der Waals surface area contributed by atoms with Crippen LogP contribution in [0, 0.1) is 0 Å². The molecule has 3 amide bonds. The Morgan fingerprint density at radius 1 is 1.00 bits per heavy atom. The van der Waals surface area contributed by atoms with Gasteiger partial charge in [-0.15, -0.1) is 0 Å². The molecule has 0 saturated heterocycles. The summed E-state index contributed by atoms with van der Waals surface area (Å²) in [4.78, 5) is 38.8. The number of amides is 3. The predicted octanol–water partition coefficient (Wildman–Crippen LogP) is 3.81. The Bertz CT molecular complexity index is 777. The first-order chi connectivity index (χ1) is 11.6. The van der Waals surface area contributed by atoms with Crippen molar-refractivity contribution < 1.29 is 14.4 Å². The second kappa shape index (κ2) is 7.11. The van der Waals surface area contributed by atoms with Gasteiger partial charge in [-0.3, -0.25) is 24.6 Å². The summed E-state index contributed by atoms with van der Waals surface area (Å²) in [5, 5.41) is 1.91. The summed E-state index contributed by atoms with van der Waals surface area (Å²) in [6, 6.07) is 15.3. The maximum atomic E-state index is 12.7. The number of fused-ring (bicyclic) bond motifs is 2. The van der Waals surface area contributed by atoms with Crippen LogP contribution in [0.15, 0.2) is 58.3 Å². The van der Waals surface area contributed by atoms with E-state index in [1.54, 1.807) is 16.7 Å². The molecule has 0 fully saturated rings. The quantitative estimate of drug-likeness (QED) is 0.884. The molecule has 0 aromatic heterocycles. The molecule has 0 atom stereocenters. The summed E-state index contributed by atoms with van der Waals surface area (Å²) < 4.78 is 0. The van der Waals surface area contributed by atoms with Crippen molar-refractivity contribution in [3.05, 3.63) is 48.5 Å². The van der Waals surface area contributed by atoms with Gasteiger partial charge in [0.1, 0.15) is 0 Å². The Morgan fingerprint density at radius 2 is 1.54 bits per heavy atom. The van der Waals surface area contributed by atoms with E-state index in [0.29, 0.717) is 0 Å². The Kier molecular flexibility index (Phi) is 4.92. The van der Waals surface area contributed by atoms with E-state index in [9.17, 15) is 14.4 Å². The fourth-order valence-electron chi connectivity index (χ4n) is 2.33. The number of imide groups is 1. The largest absolute Gasteiger partial charge is 0.296 e. The molecule has 0 bridgehead atoms. The van der Waals surface area contributed by atoms with Crippen LogP contribution in [0.5, 0.6) is 0 Å². The van der Waals surface area contributed by atoms with Gasteiger partial charge in [0, 0.05) is 16.7 Å². The molecule has 2 aromatic rings. The third-order valence-corrected chi connectivity index (χ3v) is 5.22. The fraction of sp³-hybridized carbons (Fsp3) is 0.118. The molecule has 0 saturated carbocycles. The summed E-state index contributed by atoms with van der Waals surface area (Å²) >= 11 is 2.48. The molecule has 0 radical (unpaired) electrons. The molecule has 2 aromatic carbocycles. The minimum atomic E-state index is -0.478. The Hall–Kier alpha value is -2.25. The van der Waals surface area contributed by atoms with Crippen molar-refractivity contribution >= 4 is 52.0 Å². The molecular weight excluding hydrogens is 344 g/mol. The number of para-hydroxylation sites is 2. The van der Waals surface area contributed by atoms with Crippen molar-refractivity contribution in [3.63, 3.8) is 0 Å². The van der Waals surface area contributed by atoms with E-state index in [1.165, 1.54) is 6.92 Å². The molecule has 122 valence electrons. The molecule has 1 N–H and O–H groups in total. The molecule has 1 heterocycles. The lowest BCUT2D eigenvalue weighted by atomic mass is 10.2. The highest BCUT2D eigenvalue weighted by Gasteiger charge is 2.28. The molecule has 7 heteroatoms. The van der Waals surface area contributed by atoms with Crippen LogP contribution in [0.25, 0.3) is 0 Å². The van der Waals surface area contributed by atoms with Crippen molar-refractivity contribution in [2.75, 3.05) is 10.7 Å². The number of nitrogens with zero attached hydrogens (tertiary/aromatic N) is 1. The van der Waals surface area contributed by atoms with E-state index in [2.05, 4.69) is 5.32 Å². The smallest absolute Gasteiger partial charge is 0.291 e. The monoisotopic (exact) mass is 358 g/mol. The summed E-state index contributed by atoms with van der Waals surface area (Å²) in [6.45, 7) is 1.26. The number of carbonyl (C=O) groups is 3. The van der Waals surface area contributed by atoms with Gasteiger partial charge < -0.3 is 0 Å². The van der Waals surface area contributed by atoms with Crippen LogP contribution in [-0.4, -0.2) is 22.8 Å². The lowest BCUT2D eigenvalue weighted by molar-refractivity contribution is -0.127. The molecule has 0 aliphatic carbocycles. The Balaban J connectivity index is 1.85. The van der Waals surface area contributed by atoms with E-state index in [-0.39, 0.29) is 11.0 Å². The zero-order valence-corrected chi connectivity index (χ0v) is 14.4. The van der Waals surface area contributed by atoms with Crippen LogP contribution < -0.4 is 10.2 Å². The van der Waals surface area contributed by atoms with Gasteiger partial charge in [0.2, 0.25) is 11.8 Å². The van der Waals surface area contributed by atoms with Crippen LogP contribution in [0.1, 0.15) is 6.92 Å². The molecule has 1 aliphatic rings. The maximum absolute atomic E-state index is 12.7. The molecule has 24 heavy (non-hydrogen) atoms. The number of hydrogen-bond acceptors (Lipinski definition) is 5. The van der Waals surface area contributed by atoms with Gasteiger partial charge in [0.25, 0.3) is 5.24 Å². The highest BCUT2D eigenvalue weighted by molar-refractivity contribution is 8.14. The van der Waals surface area contributed by atoms with E-state index in [1.807, 2.05) is 48.5 Å². The number of rotatable bonds is 2. The number of benzene rings is 2. The van der Waals surface area contributed by atoms with Gasteiger partial charge in [-0.2, -0.15) is 0 Å². The van der Waals surface area contributed by atoms with Crippen molar-refractivity contribution in [1.29, 1.82) is 0 Å². The lowest BCUT2D eigenvalue weighted by Gasteiger charge is -2.30. The SMILES string of the molecule is CC(=O)NC(=O)CSC(=O)N1c2ccccc2Sc2ccccc21. The van der Waals surface area contributed by atoms with E-state index in [4.69, 9.17) is 0 Å². The van der Waals surface area contributed by atoms with Crippen LogP contribution in [0.3, 0.4) is 0 Å². The first-order valence-electron chi connectivity index (χ1n) is 7.19. The van der Waals surface area contributed by atoms with Gasteiger partial charge in [0.05, 0.1) is 17.1 Å². The minimum absolute atomic E-state index is 0.105. The Labute approximate surface area is 147 Å². The average Bonchev–Trinajstić information content (AvgIpc) is 2.57. The zero-order valence-electron chi connectivity index (χ0n) is 12.8. The third-order valence-electron chi connectivity index (χ3n) is 3.26. The first kappa shape index (κ1) is 16.6. The van der Waals surface area contributed by atoms with Crippen LogP contribution >= 0.6 is 23.5 Å². The number of thioether (sulfide) groups is 1. The number of nitrogens with one attached hydrogen (secondary N) is 1. The van der Waals surface area contributed by atoms with Crippen LogP contribution in [0.4, 0.5) is 16.2 Å². The minimum Gasteiger partial charge on any atom is -0.296 e. The van der Waals surface area contributed by atoms with Crippen molar-refractivity contribution in [1.82, 2.24) is 5.32 Å². The van der Waals surface area contributed by atoms with Gasteiger partial charge in [-0.1, -0.05) is 47.8 Å². The molecule has 0 unspecified atom stereocenters. The van der Waals surface area contributed by atoms with Gasteiger partial charge >= 0.3 is 0 Å². The second-order valence-corrected chi connectivity index (χ2v) is 7.04. The molecule has 1 aliphatic heterocycles. The summed E-state index contributed by atoms with van der Waals surface area (Å²) in [5.74, 6) is -1.02.